The highest BCUT2D eigenvalue weighted by molar-refractivity contribution is 7.98. The predicted octanol–water partition coefficient (Wildman–Crippen LogP) is 3.32. The highest BCUT2D eigenvalue weighted by Gasteiger charge is 2.09. The molecule has 0 unspecified atom stereocenters. The molecule has 0 radical (unpaired) electrons. The topological polar surface area (TPSA) is 97.4 Å². The Morgan fingerprint density at radius 1 is 1.29 bits per heavy atom. The van der Waals surface area contributed by atoms with Crippen molar-refractivity contribution in [1.82, 2.24) is 0 Å². The number of thioether (sulfide) groups is 1. The Labute approximate surface area is 144 Å². The fourth-order valence-electron chi connectivity index (χ4n) is 2.16. The molecule has 7 heteroatoms. The lowest BCUT2D eigenvalue weighted by Crippen LogP contribution is -2.17. The number of amidine groups is 1. The molecule has 4 N–H and O–H groups in total. The van der Waals surface area contributed by atoms with Crippen LogP contribution in [-0.4, -0.2) is 12.1 Å². The molecule has 0 heterocycles. The highest BCUT2D eigenvalue weighted by Crippen LogP contribution is 2.30. The molecule has 2 aromatic rings. The van der Waals surface area contributed by atoms with E-state index in [1.54, 1.807) is 30.3 Å². The van der Waals surface area contributed by atoms with Gasteiger partial charge in [0.1, 0.15) is 30.1 Å². The molecule has 2 aromatic carbocycles. The summed E-state index contributed by atoms with van der Waals surface area (Å²) in [5.74, 6) is 6.22. The zero-order chi connectivity index (χ0) is 17.5. The number of rotatable bonds is 6. The quantitative estimate of drug-likeness (QED) is 0.275. The zero-order valence-corrected chi connectivity index (χ0v) is 13.9. The number of nitriles is 1. The van der Waals surface area contributed by atoms with Gasteiger partial charge in [0, 0.05) is 11.3 Å². The third-order valence-electron chi connectivity index (χ3n) is 3.27. The van der Waals surface area contributed by atoms with Gasteiger partial charge in [-0.25, -0.2) is 4.39 Å². The molecule has 5 nitrogen and oxygen atoms in total. The Bertz CT molecular complexity index is 802. The molecular weight excluding hydrogens is 327 g/mol. The van der Waals surface area contributed by atoms with Crippen LogP contribution in [0.2, 0.25) is 0 Å². The smallest absolute Gasteiger partial charge is 0.145 e. The summed E-state index contributed by atoms with van der Waals surface area (Å²) in [6.07, 6.45) is 2.22. The largest absolute Gasteiger partial charge is 0.456 e. The van der Waals surface area contributed by atoms with Gasteiger partial charge in [0.05, 0.1) is 5.56 Å². The van der Waals surface area contributed by atoms with Crippen molar-refractivity contribution >= 4 is 17.6 Å². The lowest BCUT2D eigenvalue weighted by atomic mass is 10.1. The monoisotopic (exact) mass is 344 g/mol. The van der Waals surface area contributed by atoms with Crippen LogP contribution in [0.15, 0.2) is 46.4 Å². The van der Waals surface area contributed by atoms with Crippen molar-refractivity contribution in [2.45, 2.75) is 18.0 Å². The molecule has 0 aliphatic heterocycles. The number of hydrogen-bond donors (Lipinski definition) is 2. The maximum atomic E-state index is 13.1. The van der Waals surface area contributed by atoms with Gasteiger partial charge in [-0.05, 0) is 47.7 Å². The van der Waals surface area contributed by atoms with Gasteiger partial charge in [-0.15, -0.1) is 11.8 Å². The maximum absolute atomic E-state index is 13.1. The van der Waals surface area contributed by atoms with Gasteiger partial charge in [-0.1, -0.05) is 6.07 Å². The van der Waals surface area contributed by atoms with Crippen LogP contribution < -0.4 is 16.3 Å². The summed E-state index contributed by atoms with van der Waals surface area (Å²) < 4.78 is 18.9. The van der Waals surface area contributed by atoms with Crippen LogP contribution >= 0.6 is 11.8 Å². The summed E-state index contributed by atoms with van der Waals surface area (Å²) in [5.41, 5.74) is 7.21. The van der Waals surface area contributed by atoms with Gasteiger partial charge in [0.2, 0.25) is 0 Å². The average Bonchev–Trinajstić information content (AvgIpc) is 2.61. The van der Waals surface area contributed by atoms with Gasteiger partial charge in [-0.2, -0.15) is 10.4 Å². The third-order valence-corrected chi connectivity index (χ3v) is 3.99. The van der Waals surface area contributed by atoms with Crippen LogP contribution in [0.4, 0.5) is 4.39 Å². The molecule has 0 saturated carbocycles. The van der Waals surface area contributed by atoms with E-state index in [4.69, 9.17) is 16.3 Å². The van der Waals surface area contributed by atoms with E-state index in [0.29, 0.717) is 22.6 Å². The molecule has 0 fully saturated rings. The summed E-state index contributed by atoms with van der Waals surface area (Å²) in [6.45, 7) is -0.638. The summed E-state index contributed by atoms with van der Waals surface area (Å²) in [6, 6.07) is 12.4. The maximum Gasteiger partial charge on any atom is 0.145 e. The van der Waals surface area contributed by atoms with Gasteiger partial charge < -0.3 is 16.3 Å². The van der Waals surface area contributed by atoms with E-state index in [1.807, 2.05) is 12.3 Å². The van der Waals surface area contributed by atoms with Gasteiger partial charge in [0.25, 0.3) is 0 Å². The number of hydrogen-bond acceptors (Lipinski definition) is 5. The van der Waals surface area contributed by atoms with E-state index in [1.165, 1.54) is 11.8 Å². The van der Waals surface area contributed by atoms with E-state index in [0.717, 1.165) is 10.5 Å². The van der Waals surface area contributed by atoms with E-state index in [2.05, 4.69) is 11.2 Å². The van der Waals surface area contributed by atoms with E-state index < -0.39 is 6.67 Å². The third kappa shape index (κ3) is 4.40. The van der Waals surface area contributed by atoms with Crippen LogP contribution in [0.25, 0.3) is 0 Å². The number of nitrogens with zero attached hydrogens (tertiary/aromatic N) is 2. The normalized spacial score (nSPS) is 11.1. The minimum Gasteiger partial charge on any atom is -0.456 e. The molecule has 2 rings (SSSR count). The molecule has 0 atom stereocenters. The zero-order valence-electron chi connectivity index (χ0n) is 13.1. The van der Waals surface area contributed by atoms with Gasteiger partial charge in [-0.3, -0.25) is 0 Å². The Kier molecular flexibility index (Phi) is 6.04. The number of halogens is 1. The Hall–Kier alpha value is -2.72. The number of hydrazone groups is 1. The summed E-state index contributed by atoms with van der Waals surface area (Å²) >= 11 is 1.54. The van der Waals surface area contributed by atoms with Crippen molar-refractivity contribution in [2.75, 3.05) is 6.26 Å². The molecule has 0 bridgehead atoms. The first-order valence-electron chi connectivity index (χ1n) is 7.06. The van der Waals surface area contributed by atoms with Crippen molar-refractivity contribution in [1.29, 1.82) is 5.26 Å². The molecule has 0 aromatic heterocycles. The van der Waals surface area contributed by atoms with E-state index in [9.17, 15) is 9.65 Å². The van der Waals surface area contributed by atoms with Crippen molar-refractivity contribution in [3.63, 3.8) is 0 Å². The van der Waals surface area contributed by atoms with Crippen LogP contribution in [0.3, 0.4) is 0 Å². The standard InChI is InChI=1S/C17H17FN4OS/c1-24-15-2-3-16(13(8-15)10-19)23-14-5-11(7-17(20)22-21)4-12(6-14)9-18/h2-6,8H,7,9,21H2,1H3,(H2,20,22). The second-order valence-electron chi connectivity index (χ2n) is 4.99. The van der Waals surface area contributed by atoms with Crippen LogP contribution in [-0.2, 0) is 13.1 Å². The molecular formula is C17H17FN4OS. The minimum atomic E-state index is -0.638. The minimum absolute atomic E-state index is 0.235. The number of nitrogens with two attached hydrogens (primary N) is 2. The first-order valence-corrected chi connectivity index (χ1v) is 8.29. The molecule has 0 aliphatic carbocycles. The Morgan fingerprint density at radius 3 is 2.67 bits per heavy atom. The molecule has 0 spiro atoms. The second kappa shape index (κ2) is 8.22. The Balaban J connectivity index is 2.35. The first kappa shape index (κ1) is 17.6. The first-order chi connectivity index (χ1) is 11.6. The summed E-state index contributed by atoms with van der Waals surface area (Å²) in [7, 11) is 0. The summed E-state index contributed by atoms with van der Waals surface area (Å²) in [5, 5.41) is 12.7. The number of alkyl halides is 1. The van der Waals surface area contributed by atoms with Gasteiger partial charge in [0.15, 0.2) is 0 Å². The van der Waals surface area contributed by atoms with Crippen molar-refractivity contribution in [3.05, 3.63) is 53.1 Å². The highest BCUT2D eigenvalue weighted by atomic mass is 32.2. The van der Waals surface area contributed by atoms with E-state index >= 15 is 0 Å². The van der Waals surface area contributed by atoms with Crippen LogP contribution in [0.5, 0.6) is 11.5 Å². The lowest BCUT2D eigenvalue weighted by Gasteiger charge is -2.11. The molecule has 0 saturated heterocycles. The SMILES string of the molecule is CSc1ccc(Oc2cc(CF)cc(C/C(N)=N/N)c2)c(C#N)c1. The fourth-order valence-corrected chi connectivity index (χ4v) is 2.60. The lowest BCUT2D eigenvalue weighted by molar-refractivity contribution is 0.466. The fraction of sp³-hybridized carbons (Fsp3) is 0.176. The van der Waals surface area contributed by atoms with E-state index in [-0.39, 0.29) is 12.3 Å². The predicted molar refractivity (Wildman–Crippen MR) is 93.8 cm³/mol. The average molecular weight is 344 g/mol. The van der Waals surface area contributed by atoms with Crippen molar-refractivity contribution in [3.8, 4) is 17.6 Å². The Morgan fingerprint density at radius 2 is 2.04 bits per heavy atom. The summed E-state index contributed by atoms with van der Waals surface area (Å²) in [4.78, 5) is 0.962. The molecule has 0 aliphatic rings. The van der Waals surface area contributed by atoms with Crippen LogP contribution in [0, 0.1) is 11.3 Å². The molecule has 24 heavy (non-hydrogen) atoms. The molecule has 124 valence electrons. The van der Waals surface area contributed by atoms with Gasteiger partial charge >= 0.3 is 0 Å². The van der Waals surface area contributed by atoms with Crippen molar-refractivity contribution in [2.24, 2.45) is 16.7 Å². The van der Waals surface area contributed by atoms with Crippen LogP contribution in [0.1, 0.15) is 16.7 Å². The van der Waals surface area contributed by atoms with Crippen molar-refractivity contribution < 1.29 is 9.13 Å². The second-order valence-corrected chi connectivity index (χ2v) is 5.87. The number of ether oxygens (including phenoxy) is 1. The number of benzene rings is 2. The molecule has 0 amide bonds.